The van der Waals surface area contributed by atoms with Crippen molar-refractivity contribution in [1.82, 2.24) is 24.6 Å². The number of thioether (sulfide) groups is 1. The molecule has 0 aliphatic rings. The maximum Gasteiger partial charge on any atom is 0.233 e. The van der Waals surface area contributed by atoms with Gasteiger partial charge in [-0.15, -0.1) is 21.5 Å². The zero-order chi connectivity index (χ0) is 21.1. The van der Waals surface area contributed by atoms with Crippen molar-refractivity contribution in [3.8, 4) is 0 Å². The fourth-order valence-electron chi connectivity index (χ4n) is 3.09. The lowest BCUT2D eigenvalue weighted by Gasteiger charge is -2.23. The van der Waals surface area contributed by atoms with E-state index >= 15 is 0 Å². The van der Waals surface area contributed by atoms with Crippen LogP contribution in [0.4, 0.5) is 0 Å². The summed E-state index contributed by atoms with van der Waals surface area (Å²) in [6.07, 6.45) is 0. The Hall–Kier alpha value is -2.71. The van der Waals surface area contributed by atoms with Crippen molar-refractivity contribution in [3.05, 3.63) is 71.0 Å². The van der Waals surface area contributed by atoms with Crippen LogP contribution < -0.4 is 0 Å². The summed E-state index contributed by atoms with van der Waals surface area (Å²) >= 11 is 3.06. The number of fused-ring (bicyclic) bond motifs is 1. The molecule has 0 saturated carbocycles. The van der Waals surface area contributed by atoms with Crippen molar-refractivity contribution >= 4 is 39.2 Å². The second kappa shape index (κ2) is 8.97. The molecule has 0 bridgehead atoms. The molecule has 154 valence electrons. The molecule has 1 atom stereocenters. The first-order valence-corrected chi connectivity index (χ1v) is 11.5. The van der Waals surface area contributed by atoms with Crippen LogP contribution in [0.25, 0.3) is 10.2 Å². The highest BCUT2D eigenvalue weighted by Crippen LogP contribution is 2.29. The van der Waals surface area contributed by atoms with Crippen LogP contribution in [0, 0.1) is 6.92 Å². The number of amides is 1. The summed E-state index contributed by atoms with van der Waals surface area (Å²) in [7, 11) is 1.83. The quantitative estimate of drug-likeness (QED) is 0.397. The fourth-order valence-corrected chi connectivity index (χ4v) is 5.06. The number of hydrogen-bond donors (Lipinski definition) is 0. The van der Waals surface area contributed by atoms with Gasteiger partial charge in [0.1, 0.15) is 10.8 Å². The Bertz CT molecular complexity index is 1120. The van der Waals surface area contributed by atoms with E-state index in [2.05, 4.69) is 28.4 Å². The van der Waals surface area contributed by atoms with Crippen molar-refractivity contribution < 1.29 is 4.79 Å². The average Bonchev–Trinajstić information content (AvgIpc) is 3.35. The molecule has 2 heterocycles. The molecule has 2 aromatic heterocycles. The lowest BCUT2D eigenvalue weighted by atomic mass is 10.2. The van der Waals surface area contributed by atoms with Crippen molar-refractivity contribution in [3.63, 3.8) is 0 Å². The van der Waals surface area contributed by atoms with Crippen molar-refractivity contribution in [2.75, 3.05) is 12.8 Å². The Labute approximate surface area is 184 Å². The Morgan fingerprint density at radius 3 is 2.63 bits per heavy atom. The molecule has 8 heteroatoms. The standard InChI is InChI=1S/C22H23N5OS2/c1-15(21-23-18-11-7-8-12-19(18)30-21)26(3)20(28)14-29-22-25-24-16(2)27(22)13-17-9-5-4-6-10-17/h4-12,15H,13-14H2,1-3H3/t15-/m1/s1. The van der Waals surface area contributed by atoms with Gasteiger partial charge in [-0.2, -0.15) is 0 Å². The number of aryl methyl sites for hydroxylation is 1. The van der Waals surface area contributed by atoms with Gasteiger partial charge in [-0.3, -0.25) is 4.79 Å². The van der Waals surface area contributed by atoms with Crippen LogP contribution in [0.2, 0.25) is 0 Å². The minimum Gasteiger partial charge on any atom is -0.336 e. The van der Waals surface area contributed by atoms with Crippen molar-refractivity contribution in [2.24, 2.45) is 0 Å². The van der Waals surface area contributed by atoms with Crippen LogP contribution in [-0.2, 0) is 11.3 Å². The molecule has 6 nitrogen and oxygen atoms in total. The largest absolute Gasteiger partial charge is 0.336 e. The number of carbonyl (C=O) groups is 1. The van der Waals surface area contributed by atoms with E-state index in [0.29, 0.717) is 12.3 Å². The summed E-state index contributed by atoms with van der Waals surface area (Å²) in [6, 6.07) is 18.2. The molecule has 0 aliphatic heterocycles. The van der Waals surface area contributed by atoms with E-state index in [1.54, 1.807) is 16.2 Å². The Morgan fingerprint density at radius 1 is 1.13 bits per heavy atom. The zero-order valence-corrected chi connectivity index (χ0v) is 18.8. The molecule has 1 amide bonds. The third-order valence-corrected chi connectivity index (χ3v) is 7.21. The summed E-state index contributed by atoms with van der Waals surface area (Å²) in [5, 5.41) is 10.2. The first kappa shape index (κ1) is 20.6. The SMILES string of the molecule is Cc1nnc(SCC(=O)N(C)[C@H](C)c2nc3ccccc3s2)n1Cc1ccccc1. The van der Waals surface area contributed by atoms with E-state index < -0.39 is 0 Å². The number of aromatic nitrogens is 4. The predicted molar refractivity (Wildman–Crippen MR) is 122 cm³/mol. The maximum absolute atomic E-state index is 12.8. The van der Waals surface area contributed by atoms with Gasteiger partial charge in [0.2, 0.25) is 5.91 Å². The van der Waals surface area contributed by atoms with Crippen molar-refractivity contribution in [2.45, 2.75) is 31.6 Å². The molecule has 0 N–H and O–H groups in total. The van der Waals surface area contributed by atoms with E-state index in [1.165, 1.54) is 17.3 Å². The van der Waals surface area contributed by atoms with Crippen molar-refractivity contribution in [1.29, 1.82) is 0 Å². The number of hydrogen-bond acceptors (Lipinski definition) is 6. The van der Waals surface area contributed by atoms with E-state index in [1.807, 2.05) is 61.9 Å². The Morgan fingerprint density at radius 2 is 1.87 bits per heavy atom. The van der Waals surface area contributed by atoms with Gasteiger partial charge in [-0.05, 0) is 31.5 Å². The molecule has 4 aromatic rings. The summed E-state index contributed by atoms with van der Waals surface area (Å²) in [4.78, 5) is 19.3. The normalized spacial score (nSPS) is 12.2. The highest BCUT2D eigenvalue weighted by molar-refractivity contribution is 7.99. The van der Waals surface area contributed by atoms with Gasteiger partial charge in [-0.25, -0.2) is 4.98 Å². The van der Waals surface area contributed by atoms with Crippen LogP contribution >= 0.6 is 23.1 Å². The topological polar surface area (TPSA) is 63.9 Å². The molecule has 0 radical (unpaired) electrons. The van der Waals surface area contributed by atoms with Gasteiger partial charge in [0.25, 0.3) is 0 Å². The fraction of sp³-hybridized carbons (Fsp3) is 0.273. The number of nitrogens with zero attached hydrogens (tertiary/aromatic N) is 5. The molecule has 4 rings (SSSR count). The predicted octanol–water partition coefficient (Wildman–Crippen LogP) is 4.56. The van der Waals surface area contributed by atoms with Crippen LogP contribution in [0.5, 0.6) is 0 Å². The summed E-state index contributed by atoms with van der Waals surface area (Å²) in [5.74, 6) is 1.18. The molecule has 2 aromatic carbocycles. The van der Waals surface area contributed by atoms with E-state index in [0.717, 1.165) is 26.2 Å². The lowest BCUT2D eigenvalue weighted by molar-refractivity contribution is -0.128. The molecule has 0 unspecified atom stereocenters. The second-order valence-corrected chi connectivity index (χ2v) is 9.10. The van der Waals surface area contributed by atoms with Crippen LogP contribution in [0.15, 0.2) is 59.8 Å². The van der Waals surface area contributed by atoms with Gasteiger partial charge in [0.15, 0.2) is 5.16 Å². The summed E-state index contributed by atoms with van der Waals surface area (Å²) in [6.45, 7) is 4.64. The van der Waals surface area contributed by atoms with Gasteiger partial charge >= 0.3 is 0 Å². The molecule has 0 saturated heterocycles. The van der Waals surface area contributed by atoms with Gasteiger partial charge in [-0.1, -0.05) is 54.2 Å². The second-order valence-electron chi connectivity index (χ2n) is 7.09. The number of para-hydroxylation sites is 1. The van der Waals surface area contributed by atoms with E-state index in [4.69, 9.17) is 4.98 Å². The van der Waals surface area contributed by atoms with Crippen LogP contribution in [-0.4, -0.2) is 43.4 Å². The maximum atomic E-state index is 12.8. The molecule has 0 aliphatic carbocycles. The Balaban J connectivity index is 1.42. The van der Waals surface area contributed by atoms with Crippen LogP contribution in [0.3, 0.4) is 0 Å². The lowest BCUT2D eigenvalue weighted by Crippen LogP contribution is -2.31. The highest BCUT2D eigenvalue weighted by Gasteiger charge is 2.22. The van der Waals surface area contributed by atoms with Gasteiger partial charge in [0.05, 0.1) is 28.6 Å². The molecular formula is C22H23N5OS2. The van der Waals surface area contributed by atoms with Crippen LogP contribution in [0.1, 0.15) is 29.4 Å². The van der Waals surface area contributed by atoms with Gasteiger partial charge < -0.3 is 9.47 Å². The minimum absolute atomic E-state index is 0.0404. The third kappa shape index (κ3) is 4.39. The monoisotopic (exact) mass is 437 g/mol. The summed E-state index contributed by atoms with van der Waals surface area (Å²) in [5.41, 5.74) is 2.15. The zero-order valence-electron chi connectivity index (χ0n) is 17.1. The molecule has 0 spiro atoms. The Kier molecular flexibility index (Phi) is 6.15. The third-order valence-electron chi connectivity index (χ3n) is 5.05. The molecule has 30 heavy (non-hydrogen) atoms. The number of carbonyl (C=O) groups excluding carboxylic acids is 1. The number of rotatable bonds is 7. The minimum atomic E-state index is -0.0839. The highest BCUT2D eigenvalue weighted by atomic mass is 32.2. The number of thiazole rings is 1. The van der Waals surface area contributed by atoms with E-state index in [-0.39, 0.29) is 11.9 Å². The smallest absolute Gasteiger partial charge is 0.233 e. The first-order valence-electron chi connectivity index (χ1n) is 9.70. The summed E-state index contributed by atoms with van der Waals surface area (Å²) < 4.78 is 3.18. The van der Waals surface area contributed by atoms with Gasteiger partial charge in [0, 0.05) is 7.05 Å². The molecular weight excluding hydrogens is 414 g/mol. The van der Waals surface area contributed by atoms with E-state index in [9.17, 15) is 4.79 Å². The number of benzene rings is 2. The average molecular weight is 438 g/mol. The molecule has 0 fully saturated rings. The first-order chi connectivity index (χ1) is 14.5.